The second-order valence-electron chi connectivity index (χ2n) is 9.98. The minimum absolute atomic E-state index is 0.154. The van der Waals surface area contributed by atoms with Crippen molar-refractivity contribution in [1.82, 2.24) is 19.9 Å². The van der Waals surface area contributed by atoms with Crippen LogP contribution in [0.4, 0.5) is 0 Å². The molecule has 2 N–H and O–H groups in total. The maximum atomic E-state index is 14.0. The first-order valence-corrected chi connectivity index (χ1v) is 15.5. The van der Waals surface area contributed by atoms with Crippen molar-refractivity contribution in [3.63, 3.8) is 0 Å². The minimum atomic E-state index is -4.51. The van der Waals surface area contributed by atoms with E-state index in [4.69, 9.17) is 0 Å². The van der Waals surface area contributed by atoms with Gasteiger partial charge in [0.05, 0.1) is 23.1 Å². The molecule has 2 heterocycles. The Morgan fingerprint density at radius 3 is 2.42 bits per heavy atom. The molecule has 4 aromatic rings. The van der Waals surface area contributed by atoms with Gasteiger partial charge in [-0.1, -0.05) is 62.7 Å². The molecule has 0 unspecified atom stereocenters. The Kier molecular flexibility index (Phi) is 9.73. The molecule has 0 aliphatic rings. The fourth-order valence-electron chi connectivity index (χ4n) is 4.99. The summed E-state index contributed by atoms with van der Waals surface area (Å²) in [5.41, 5.74) is 1.88. The summed E-state index contributed by atoms with van der Waals surface area (Å²) in [7, 11) is -2.95. The van der Waals surface area contributed by atoms with Crippen molar-refractivity contribution in [2.75, 3.05) is 7.05 Å². The van der Waals surface area contributed by atoms with E-state index in [9.17, 15) is 28.4 Å². The number of rotatable bonds is 11. The van der Waals surface area contributed by atoms with Gasteiger partial charge in [0.2, 0.25) is 21.6 Å². The minimum Gasteiger partial charge on any atom is -0.492 e. The van der Waals surface area contributed by atoms with Crippen molar-refractivity contribution in [3.8, 4) is 23.1 Å². The number of likely N-dealkylation sites (N-methyl/N-ethyl adjacent to an activating group) is 1. The molecule has 11 heteroatoms. The van der Waals surface area contributed by atoms with E-state index in [-0.39, 0.29) is 28.7 Å². The smallest absolute Gasteiger partial charge is 0.277 e. The molecular formula is C32H33N5O5S. The van der Waals surface area contributed by atoms with E-state index in [0.29, 0.717) is 30.5 Å². The zero-order valence-corrected chi connectivity index (χ0v) is 25.1. The van der Waals surface area contributed by atoms with E-state index in [1.165, 1.54) is 16.7 Å². The van der Waals surface area contributed by atoms with Crippen LogP contribution < -0.4 is 10.9 Å². The van der Waals surface area contributed by atoms with Crippen LogP contribution in [-0.2, 0) is 27.5 Å². The summed E-state index contributed by atoms with van der Waals surface area (Å²) in [6.07, 6.45) is 2.29. The van der Waals surface area contributed by atoms with Crippen molar-refractivity contribution in [1.29, 1.82) is 5.26 Å². The van der Waals surface area contributed by atoms with Crippen molar-refractivity contribution < 1.29 is 18.3 Å². The SMILES string of the molecule is CCCCc1nc(O)c(S(=O)(=O)c2ccc(-c3ccccc3CC(=O)NC)cc2)c(=O)n1[C@@H](CC)c1cccc(C#N)n1. The Bertz CT molecular complexity index is 1840. The lowest BCUT2D eigenvalue weighted by molar-refractivity contribution is -0.119. The van der Waals surface area contributed by atoms with E-state index in [0.717, 1.165) is 17.5 Å². The van der Waals surface area contributed by atoms with Gasteiger partial charge in [0.1, 0.15) is 17.6 Å². The Morgan fingerprint density at radius 2 is 1.77 bits per heavy atom. The molecule has 10 nitrogen and oxygen atoms in total. The molecule has 4 rings (SSSR count). The second kappa shape index (κ2) is 13.4. The third-order valence-electron chi connectivity index (χ3n) is 7.20. The van der Waals surface area contributed by atoms with Gasteiger partial charge in [0.15, 0.2) is 4.90 Å². The monoisotopic (exact) mass is 599 g/mol. The molecule has 0 saturated carbocycles. The zero-order valence-electron chi connectivity index (χ0n) is 24.2. The first kappa shape index (κ1) is 31.1. The average Bonchev–Trinajstić information content (AvgIpc) is 3.01. The van der Waals surface area contributed by atoms with Crippen LogP contribution in [0.15, 0.2) is 81.3 Å². The summed E-state index contributed by atoms with van der Waals surface area (Å²) in [6.45, 7) is 3.79. The molecule has 2 aromatic heterocycles. The van der Waals surface area contributed by atoms with E-state index in [1.807, 2.05) is 44.2 Å². The largest absolute Gasteiger partial charge is 0.492 e. The maximum Gasteiger partial charge on any atom is 0.277 e. The summed E-state index contributed by atoms with van der Waals surface area (Å²) < 4.78 is 29.0. The van der Waals surface area contributed by atoms with Crippen LogP contribution >= 0.6 is 0 Å². The van der Waals surface area contributed by atoms with Crippen molar-refractivity contribution in [2.45, 2.75) is 61.8 Å². The number of amides is 1. The average molecular weight is 600 g/mol. The molecule has 0 spiro atoms. The third kappa shape index (κ3) is 6.49. The van der Waals surface area contributed by atoms with Gasteiger partial charge in [-0.2, -0.15) is 10.2 Å². The van der Waals surface area contributed by atoms with Gasteiger partial charge in [-0.3, -0.25) is 14.2 Å². The number of hydrogen-bond donors (Lipinski definition) is 2. The predicted molar refractivity (Wildman–Crippen MR) is 161 cm³/mol. The molecule has 222 valence electrons. The number of nitrogens with zero attached hydrogens (tertiary/aromatic N) is 4. The molecule has 1 amide bonds. The van der Waals surface area contributed by atoms with Crippen LogP contribution in [0.1, 0.15) is 61.9 Å². The Morgan fingerprint density at radius 1 is 1.05 bits per heavy atom. The van der Waals surface area contributed by atoms with E-state index >= 15 is 0 Å². The zero-order chi connectivity index (χ0) is 31.1. The first-order chi connectivity index (χ1) is 20.7. The number of nitrogens with one attached hydrogen (secondary N) is 1. The summed E-state index contributed by atoms with van der Waals surface area (Å²) in [5, 5.41) is 22.8. The highest BCUT2D eigenvalue weighted by Gasteiger charge is 2.32. The van der Waals surface area contributed by atoms with Crippen molar-refractivity contribution >= 4 is 15.7 Å². The van der Waals surface area contributed by atoms with Gasteiger partial charge in [-0.15, -0.1) is 0 Å². The number of aromatic nitrogens is 3. The number of aromatic hydroxyl groups is 1. The Balaban J connectivity index is 1.83. The lowest BCUT2D eigenvalue weighted by Crippen LogP contribution is -2.34. The Labute approximate surface area is 250 Å². The van der Waals surface area contributed by atoms with E-state index in [1.54, 1.807) is 37.4 Å². The fourth-order valence-corrected chi connectivity index (χ4v) is 6.33. The normalized spacial score (nSPS) is 12.0. The number of aryl methyl sites for hydroxylation is 1. The number of carbonyl (C=O) groups is 1. The first-order valence-electron chi connectivity index (χ1n) is 14.0. The predicted octanol–water partition coefficient (Wildman–Crippen LogP) is 4.35. The van der Waals surface area contributed by atoms with Crippen LogP contribution in [0.5, 0.6) is 5.88 Å². The quantitative estimate of drug-likeness (QED) is 0.258. The van der Waals surface area contributed by atoms with Crippen molar-refractivity contribution in [3.05, 3.63) is 99.9 Å². The van der Waals surface area contributed by atoms with Gasteiger partial charge < -0.3 is 10.4 Å². The highest BCUT2D eigenvalue weighted by molar-refractivity contribution is 7.91. The summed E-state index contributed by atoms with van der Waals surface area (Å²) in [5.74, 6) is -0.781. The van der Waals surface area contributed by atoms with Crippen LogP contribution in [0, 0.1) is 11.3 Å². The number of pyridine rings is 1. The van der Waals surface area contributed by atoms with Gasteiger partial charge in [0.25, 0.3) is 5.56 Å². The maximum absolute atomic E-state index is 14.0. The van der Waals surface area contributed by atoms with Gasteiger partial charge in [-0.25, -0.2) is 13.4 Å². The number of carbonyl (C=O) groups excluding carboxylic acids is 1. The second-order valence-corrected chi connectivity index (χ2v) is 11.9. The third-order valence-corrected chi connectivity index (χ3v) is 8.99. The van der Waals surface area contributed by atoms with E-state index in [2.05, 4.69) is 15.3 Å². The number of benzene rings is 2. The lowest BCUT2D eigenvalue weighted by Gasteiger charge is -2.22. The number of hydrogen-bond acceptors (Lipinski definition) is 8. The van der Waals surface area contributed by atoms with Gasteiger partial charge >= 0.3 is 0 Å². The lowest BCUT2D eigenvalue weighted by atomic mass is 9.97. The highest BCUT2D eigenvalue weighted by atomic mass is 32.2. The summed E-state index contributed by atoms with van der Waals surface area (Å²) in [6, 6.07) is 19.4. The number of unbranched alkanes of at least 4 members (excludes halogenated alkanes) is 1. The summed E-state index contributed by atoms with van der Waals surface area (Å²) in [4.78, 5) is 33.6. The van der Waals surface area contributed by atoms with Gasteiger partial charge in [0, 0.05) is 13.5 Å². The van der Waals surface area contributed by atoms with Crippen LogP contribution in [0.3, 0.4) is 0 Å². The molecule has 0 fully saturated rings. The van der Waals surface area contributed by atoms with E-state index < -0.39 is 32.2 Å². The van der Waals surface area contributed by atoms with Crippen LogP contribution in [0.25, 0.3) is 11.1 Å². The molecule has 0 aliphatic carbocycles. The Hall–Kier alpha value is -4.82. The van der Waals surface area contributed by atoms with Crippen molar-refractivity contribution in [2.24, 2.45) is 0 Å². The topological polar surface area (TPSA) is 155 Å². The highest BCUT2D eigenvalue weighted by Crippen LogP contribution is 2.31. The molecule has 43 heavy (non-hydrogen) atoms. The molecule has 0 radical (unpaired) electrons. The summed E-state index contributed by atoms with van der Waals surface area (Å²) >= 11 is 0. The van der Waals surface area contributed by atoms with Gasteiger partial charge in [-0.05, 0) is 53.8 Å². The molecule has 1 atom stereocenters. The van der Waals surface area contributed by atoms with Crippen LogP contribution in [0.2, 0.25) is 0 Å². The number of sulfone groups is 1. The number of nitriles is 1. The fraction of sp³-hybridized carbons (Fsp3) is 0.281. The molecule has 0 saturated heterocycles. The van der Waals surface area contributed by atoms with Crippen LogP contribution in [-0.4, -0.2) is 41.0 Å². The molecule has 0 aliphatic heterocycles. The molecule has 0 bridgehead atoms. The standard InChI is InChI=1S/C32H33N5O5S/c1-4-6-14-28-36-31(39)30(32(40)37(28)27(5-2)26-13-9-11-23(20-33)35-26)43(41,42)24-17-15-21(16-18-24)25-12-8-7-10-22(25)19-29(38)34-3/h7-13,15-18,27,39H,4-6,14,19H2,1-3H3,(H,34,38)/t27-/m0/s1. The molecular weight excluding hydrogens is 566 g/mol. The molecule has 2 aromatic carbocycles.